The minimum Gasteiger partial charge on any atom is -0.378 e. The summed E-state index contributed by atoms with van der Waals surface area (Å²) in [5.74, 6) is -0.0192. The molecule has 0 radical (unpaired) electrons. The van der Waals surface area contributed by atoms with E-state index in [1.807, 2.05) is 4.90 Å². The molecule has 1 amide bonds. The number of carbonyl (C=O) groups excluding carboxylic acids is 1. The van der Waals surface area contributed by atoms with Crippen LogP contribution in [0.5, 0.6) is 0 Å². The van der Waals surface area contributed by atoms with Crippen molar-refractivity contribution < 1.29 is 9.72 Å². The molecule has 0 bridgehead atoms. The fourth-order valence-electron chi connectivity index (χ4n) is 2.45. The first-order valence-corrected chi connectivity index (χ1v) is 6.85. The van der Waals surface area contributed by atoms with E-state index >= 15 is 0 Å². The van der Waals surface area contributed by atoms with E-state index in [2.05, 4.69) is 10.3 Å². The van der Waals surface area contributed by atoms with Crippen LogP contribution in [0.4, 0.5) is 17.2 Å². The molecule has 1 atom stereocenters. The van der Waals surface area contributed by atoms with Gasteiger partial charge in [-0.05, 0) is 12.3 Å². The maximum absolute atomic E-state index is 11.2. The highest BCUT2D eigenvalue weighted by Gasteiger charge is 2.32. The van der Waals surface area contributed by atoms with Gasteiger partial charge in [0.2, 0.25) is 11.7 Å². The van der Waals surface area contributed by atoms with Gasteiger partial charge >= 0.3 is 5.69 Å². The van der Waals surface area contributed by atoms with Gasteiger partial charge in [0.25, 0.3) is 0 Å². The molecule has 8 nitrogen and oxygen atoms in total. The number of carbonyl (C=O) groups is 1. The third-order valence-electron chi connectivity index (χ3n) is 3.43. The molecule has 1 aliphatic heterocycles. The van der Waals surface area contributed by atoms with Gasteiger partial charge < -0.3 is 16.0 Å². The predicted molar refractivity (Wildman–Crippen MR) is 79.3 cm³/mol. The van der Waals surface area contributed by atoms with Crippen molar-refractivity contribution >= 4 is 34.7 Å². The van der Waals surface area contributed by atoms with Crippen LogP contribution in [0.15, 0.2) is 6.20 Å². The number of nitro groups is 1. The van der Waals surface area contributed by atoms with E-state index in [-0.39, 0.29) is 28.4 Å². The second-order valence-electron chi connectivity index (χ2n) is 4.98. The highest BCUT2D eigenvalue weighted by atomic mass is 35.5. The first kappa shape index (κ1) is 15.3. The topological polar surface area (TPSA) is 114 Å². The Balaban J connectivity index is 2.22. The second-order valence-corrected chi connectivity index (χ2v) is 5.39. The minimum atomic E-state index is -0.565. The SMILES string of the molecule is CC(=O)NC[C@@H]1CCN(c2c(Cl)cnc(N)c2[N+](=O)[O-])C1. The quantitative estimate of drug-likeness (QED) is 0.637. The largest absolute Gasteiger partial charge is 0.378 e. The summed E-state index contributed by atoms with van der Waals surface area (Å²) in [6, 6.07) is 0. The molecule has 9 heteroatoms. The van der Waals surface area contributed by atoms with Crippen LogP contribution in [0.25, 0.3) is 0 Å². The number of hydrogen-bond donors (Lipinski definition) is 2. The predicted octanol–water partition coefficient (Wildman–Crippen LogP) is 1.19. The number of nitrogens with one attached hydrogen (secondary N) is 1. The van der Waals surface area contributed by atoms with Crippen LogP contribution in [-0.4, -0.2) is 35.4 Å². The lowest BCUT2D eigenvalue weighted by molar-refractivity contribution is -0.383. The van der Waals surface area contributed by atoms with Crippen LogP contribution in [0, 0.1) is 16.0 Å². The van der Waals surface area contributed by atoms with Crippen molar-refractivity contribution in [1.29, 1.82) is 0 Å². The fraction of sp³-hybridized carbons (Fsp3) is 0.500. The lowest BCUT2D eigenvalue weighted by atomic mass is 10.1. The van der Waals surface area contributed by atoms with E-state index < -0.39 is 4.92 Å². The molecular weight excluding hydrogens is 298 g/mol. The summed E-state index contributed by atoms with van der Waals surface area (Å²) in [5.41, 5.74) is 5.64. The second kappa shape index (κ2) is 6.13. The molecule has 1 aromatic rings. The van der Waals surface area contributed by atoms with Gasteiger partial charge in [-0.15, -0.1) is 0 Å². The molecule has 2 rings (SSSR count). The number of amides is 1. The van der Waals surface area contributed by atoms with Crippen LogP contribution in [0.1, 0.15) is 13.3 Å². The van der Waals surface area contributed by atoms with Crippen molar-refractivity contribution in [1.82, 2.24) is 10.3 Å². The molecule has 1 fully saturated rings. The molecule has 0 unspecified atom stereocenters. The summed E-state index contributed by atoms with van der Waals surface area (Å²) in [6.45, 7) is 3.19. The lowest BCUT2D eigenvalue weighted by Gasteiger charge is -2.20. The highest BCUT2D eigenvalue weighted by Crippen LogP contribution is 2.40. The Kier molecular flexibility index (Phi) is 4.46. The maximum atomic E-state index is 11.2. The summed E-state index contributed by atoms with van der Waals surface area (Å²) in [5, 5.41) is 14.1. The molecule has 1 saturated heterocycles. The van der Waals surface area contributed by atoms with E-state index in [9.17, 15) is 14.9 Å². The summed E-state index contributed by atoms with van der Waals surface area (Å²) >= 11 is 6.07. The summed E-state index contributed by atoms with van der Waals surface area (Å²) in [4.78, 5) is 27.1. The Labute approximate surface area is 126 Å². The molecule has 114 valence electrons. The Morgan fingerprint density at radius 2 is 2.43 bits per heavy atom. The Hall–Kier alpha value is -2.09. The normalized spacial score (nSPS) is 17.8. The van der Waals surface area contributed by atoms with Crippen LogP contribution < -0.4 is 16.0 Å². The van der Waals surface area contributed by atoms with Crippen molar-refractivity contribution in [2.24, 2.45) is 5.92 Å². The molecule has 0 aromatic carbocycles. The van der Waals surface area contributed by atoms with Gasteiger partial charge in [-0.3, -0.25) is 14.9 Å². The average molecular weight is 314 g/mol. The monoisotopic (exact) mass is 313 g/mol. The van der Waals surface area contributed by atoms with Crippen LogP contribution in [-0.2, 0) is 4.79 Å². The molecule has 1 aliphatic rings. The van der Waals surface area contributed by atoms with Crippen molar-refractivity contribution in [3.8, 4) is 0 Å². The number of pyridine rings is 1. The van der Waals surface area contributed by atoms with E-state index in [4.69, 9.17) is 17.3 Å². The van der Waals surface area contributed by atoms with Crippen molar-refractivity contribution in [2.75, 3.05) is 30.3 Å². The standard InChI is InChI=1S/C12H16ClN5O3/c1-7(19)15-4-8-2-3-17(6-8)10-9(13)5-16-12(14)11(10)18(20)21/h5,8H,2-4,6H2,1H3,(H2,14,16)(H,15,19)/t8-/m0/s1. The molecule has 2 heterocycles. The molecule has 0 spiro atoms. The number of nitrogen functional groups attached to an aromatic ring is 1. The number of rotatable bonds is 4. The minimum absolute atomic E-state index is 0.0920. The average Bonchev–Trinajstić information content (AvgIpc) is 2.86. The molecule has 0 aliphatic carbocycles. The van der Waals surface area contributed by atoms with Gasteiger partial charge in [0.1, 0.15) is 5.69 Å². The van der Waals surface area contributed by atoms with Gasteiger partial charge in [0, 0.05) is 26.6 Å². The number of aromatic nitrogens is 1. The number of nitrogens with two attached hydrogens (primary N) is 1. The van der Waals surface area contributed by atoms with Crippen molar-refractivity contribution in [3.05, 3.63) is 21.3 Å². The van der Waals surface area contributed by atoms with E-state index in [1.54, 1.807) is 0 Å². The Morgan fingerprint density at radius 1 is 1.71 bits per heavy atom. The van der Waals surface area contributed by atoms with E-state index in [0.29, 0.717) is 25.3 Å². The summed E-state index contributed by atoms with van der Waals surface area (Å²) in [7, 11) is 0. The molecular formula is C12H16ClN5O3. The fourth-order valence-corrected chi connectivity index (χ4v) is 2.71. The van der Waals surface area contributed by atoms with Crippen LogP contribution in [0.2, 0.25) is 5.02 Å². The zero-order chi connectivity index (χ0) is 15.6. The van der Waals surface area contributed by atoms with Gasteiger partial charge in [0.05, 0.1) is 16.1 Å². The first-order chi connectivity index (χ1) is 9.90. The summed E-state index contributed by atoms with van der Waals surface area (Å²) in [6.07, 6.45) is 2.14. The number of nitrogens with zero attached hydrogens (tertiary/aromatic N) is 3. The van der Waals surface area contributed by atoms with Gasteiger partial charge in [-0.1, -0.05) is 11.6 Å². The van der Waals surface area contributed by atoms with Crippen LogP contribution in [0.3, 0.4) is 0 Å². The first-order valence-electron chi connectivity index (χ1n) is 6.48. The van der Waals surface area contributed by atoms with Crippen LogP contribution >= 0.6 is 11.6 Å². The molecule has 3 N–H and O–H groups in total. The zero-order valence-electron chi connectivity index (χ0n) is 11.5. The van der Waals surface area contributed by atoms with Gasteiger partial charge in [0.15, 0.2) is 0 Å². The number of halogens is 1. The zero-order valence-corrected chi connectivity index (χ0v) is 12.3. The van der Waals surface area contributed by atoms with Gasteiger partial charge in [-0.25, -0.2) is 4.98 Å². The Morgan fingerprint density at radius 3 is 3.05 bits per heavy atom. The number of anilines is 2. The number of hydrogen-bond acceptors (Lipinski definition) is 6. The van der Waals surface area contributed by atoms with E-state index in [1.165, 1.54) is 13.1 Å². The smallest absolute Gasteiger partial charge is 0.335 e. The third-order valence-corrected chi connectivity index (χ3v) is 3.71. The van der Waals surface area contributed by atoms with Gasteiger partial charge in [-0.2, -0.15) is 0 Å². The molecule has 1 aromatic heterocycles. The van der Waals surface area contributed by atoms with E-state index in [0.717, 1.165) is 6.42 Å². The van der Waals surface area contributed by atoms with Crippen molar-refractivity contribution in [3.63, 3.8) is 0 Å². The highest BCUT2D eigenvalue weighted by molar-refractivity contribution is 6.33. The Bertz CT molecular complexity index is 580. The lowest BCUT2D eigenvalue weighted by Crippen LogP contribution is -2.29. The maximum Gasteiger partial charge on any atom is 0.335 e. The third kappa shape index (κ3) is 3.33. The molecule has 0 saturated carbocycles. The summed E-state index contributed by atoms with van der Waals surface area (Å²) < 4.78 is 0. The molecule has 21 heavy (non-hydrogen) atoms. The van der Waals surface area contributed by atoms with Crippen molar-refractivity contribution in [2.45, 2.75) is 13.3 Å².